The van der Waals surface area contributed by atoms with Crippen LogP contribution in [0, 0.1) is 0 Å². The van der Waals surface area contributed by atoms with Crippen LogP contribution in [0.1, 0.15) is 24.5 Å². The number of hydrogen-bond donors (Lipinski definition) is 2. The van der Waals surface area contributed by atoms with Crippen molar-refractivity contribution in [2.75, 3.05) is 24.3 Å². The molecule has 0 aliphatic heterocycles. The summed E-state index contributed by atoms with van der Waals surface area (Å²) in [5.41, 5.74) is 2.18. The van der Waals surface area contributed by atoms with E-state index in [0.29, 0.717) is 31.7 Å². The molecule has 0 saturated carbocycles. The van der Waals surface area contributed by atoms with Crippen LogP contribution in [0.15, 0.2) is 54.6 Å². The molecule has 0 radical (unpaired) electrons. The summed E-state index contributed by atoms with van der Waals surface area (Å²) in [5, 5.41) is 2.84. The van der Waals surface area contributed by atoms with E-state index < -0.39 is 16.1 Å². The average Bonchev–Trinajstić information content (AvgIpc) is 2.76. The van der Waals surface area contributed by atoms with Crippen molar-refractivity contribution in [3.05, 3.63) is 65.7 Å². The number of rotatable bonds is 13. The van der Waals surface area contributed by atoms with Crippen molar-refractivity contribution in [2.24, 2.45) is 0 Å². The minimum atomic E-state index is -3.44. The number of amides is 1. The fourth-order valence-corrected chi connectivity index (χ4v) is 4.02. The van der Waals surface area contributed by atoms with Gasteiger partial charge in [-0.1, -0.05) is 42.5 Å². The lowest BCUT2D eigenvalue weighted by atomic mass is 10.1. The molecule has 0 fully saturated rings. The molecule has 1 atom stereocenters. The number of thioether (sulfide) groups is 1. The molecule has 164 valence electrons. The van der Waals surface area contributed by atoms with Crippen molar-refractivity contribution in [1.82, 2.24) is 10.0 Å². The second-order valence-corrected chi connectivity index (χ2v) is 9.84. The van der Waals surface area contributed by atoms with Gasteiger partial charge in [-0.2, -0.15) is 11.8 Å². The normalized spacial score (nSPS) is 12.3. The summed E-state index contributed by atoms with van der Waals surface area (Å²) in [5.74, 6) is 1.16. The molecule has 30 heavy (non-hydrogen) atoms. The minimum absolute atomic E-state index is 0.0469. The lowest BCUT2D eigenvalue weighted by molar-refractivity contribution is -0.122. The van der Waals surface area contributed by atoms with Crippen LogP contribution in [-0.4, -0.2) is 44.7 Å². The Morgan fingerprint density at radius 3 is 2.40 bits per heavy atom. The van der Waals surface area contributed by atoms with E-state index in [4.69, 9.17) is 4.74 Å². The van der Waals surface area contributed by atoms with E-state index in [0.717, 1.165) is 16.9 Å². The van der Waals surface area contributed by atoms with Gasteiger partial charge in [0.1, 0.15) is 18.4 Å². The maximum atomic E-state index is 12.4. The summed E-state index contributed by atoms with van der Waals surface area (Å²) in [6.07, 6.45) is 3.04. The van der Waals surface area contributed by atoms with Crippen molar-refractivity contribution >= 4 is 27.7 Å². The minimum Gasteiger partial charge on any atom is -0.489 e. The molecular formula is C22H30N2O4S2. The highest BCUT2D eigenvalue weighted by atomic mass is 32.2. The first-order chi connectivity index (χ1) is 14.4. The Labute approximate surface area is 183 Å². The van der Waals surface area contributed by atoms with E-state index in [-0.39, 0.29) is 11.7 Å². The highest BCUT2D eigenvalue weighted by molar-refractivity contribution is 7.98. The first-order valence-electron chi connectivity index (χ1n) is 9.96. The van der Waals surface area contributed by atoms with Crippen molar-refractivity contribution < 1.29 is 17.9 Å². The predicted molar refractivity (Wildman–Crippen MR) is 123 cm³/mol. The third kappa shape index (κ3) is 8.77. The standard InChI is InChI=1S/C22H30N2O4S2/c1-3-30(26,27)24-21(14-16-29-2)22(25)23-15-13-18-9-11-20(12-10-18)28-17-19-7-5-4-6-8-19/h4-12,21,24H,3,13-17H2,1-2H3,(H,23,25). The summed E-state index contributed by atoms with van der Waals surface area (Å²) in [6, 6.07) is 17.0. The van der Waals surface area contributed by atoms with Crippen LogP contribution in [0.4, 0.5) is 0 Å². The van der Waals surface area contributed by atoms with Crippen molar-refractivity contribution in [1.29, 1.82) is 0 Å². The third-order valence-corrected chi connectivity index (χ3v) is 6.56. The Kier molecular flexibility index (Phi) is 10.2. The quantitative estimate of drug-likeness (QED) is 0.490. The predicted octanol–water partition coefficient (Wildman–Crippen LogP) is 2.99. The number of benzene rings is 2. The monoisotopic (exact) mass is 450 g/mol. The molecule has 0 saturated heterocycles. The maximum absolute atomic E-state index is 12.4. The second kappa shape index (κ2) is 12.6. The van der Waals surface area contributed by atoms with Crippen LogP contribution < -0.4 is 14.8 Å². The zero-order valence-electron chi connectivity index (χ0n) is 17.5. The first-order valence-corrected chi connectivity index (χ1v) is 13.0. The number of carbonyl (C=O) groups is 1. The molecule has 0 aromatic heterocycles. The number of sulfonamides is 1. The molecular weight excluding hydrogens is 420 g/mol. The molecule has 0 heterocycles. The van der Waals surface area contributed by atoms with Crippen LogP contribution in [0.3, 0.4) is 0 Å². The fraction of sp³-hybridized carbons (Fsp3) is 0.409. The van der Waals surface area contributed by atoms with E-state index in [9.17, 15) is 13.2 Å². The Hall–Kier alpha value is -2.03. The molecule has 6 nitrogen and oxygen atoms in total. The molecule has 0 aliphatic carbocycles. The zero-order chi connectivity index (χ0) is 21.8. The van der Waals surface area contributed by atoms with Crippen LogP contribution in [-0.2, 0) is 27.8 Å². The molecule has 2 N–H and O–H groups in total. The Morgan fingerprint density at radius 2 is 1.77 bits per heavy atom. The molecule has 2 rings (SSSR count). The molecule has 0 spiro atoms. The molecule has 0 aliphatic rings. The van der Waals surface area contributed by atoms with E-state index in [1.807, 2.05) is 60.9 Å². The van der Waals surface area contributed by atoms with E-state index in [2.05, 4.69) is 10.0 Å². The van der Waals surface area contributed by atoms with Crippen LogP contribution in [0.25, 0.3) is 0 Å². The highest BCUT2D eigenvalue weighted by Crippen LogP contribution is 2.14. The SMILES string of the molecule is CCS(=O)(=O)NC(CCSC)C(=O)NCCc1ccc(OCc2ccccc2)cc1. The topological polar surface area (TPSA) is 84.5 Å². The van der Waals surface area contributed by atoms with Gasteiger partial charge in [0.25, 0.3) is 0 Å². The van der Waals surface area contributed by atoms with Crippen LogP contribution in [0.5, 0.6) is 5.75 Å². The lowest BCUT2D eigenvalue weighted by Gasteiger charge is -2.17. The van der Waals surface area contributed by atoms with E-state index in [1.54, 1.807) is 18.7 Å². The number of nitrogens with one attached hydrogen (secondary N) is 2. The van der Waals surface area contributed by atoms with Gasteiger partial charge < -0.3 is 10.1 Å². The van der Waals surface area contributed by atoms with Gasteiger partial charge >= 0.3 is 0 Å². The molecule has 2 aromatic rings. The van der Waals surface area contributed by atoms with Gasteiger partial charge in [0.05, 0.1) is 5.75 Å². The summed E-state index contributed by atoms with van der Waals surface area (Å²) < 4.78 is 31.9. The first kappa shape index (κ1) is 24.2. The van der Waals surface area contributed by atoms with Gasteiger partial charge in [-0.15, -0.1) is 0 Å². The summed E-state index contributed by atoms with van der Waals surface area (Å²) in [6.45, 7) is 2.51. The van der Waals surface area contributed by atoms with Crippen molar-refractivity contribution in [3.8, 4) is 5.75 Å². The van der Waals surface area contributed by atoms with Gasteiger partial charge in [-0.3, -0.25) is 4.79 Å². The van der Waals surface area contributed by atoms with Crippen LogP contribution >= 0.6 is 11.8 Å². The second-order valence-electron chi connectivity index (χ2n) is 6.81. The molecule has 8 heteroatoms. The fourth-order valence-electron chi connectivity index (χ4n) is 2.73. The summed E-state index contributed by atoms with van der Waals surface area (Å²) in [7, 11) is -3.44. The average molecular weight is 451 g/mol. The summed E-state index contributed by atoms with van der Waals surface area (Å²) in [4.78, 5) is 12.4. The maximum Gasteiger partial charge on any atom is 0.238 e. The Morgan fingerprint density at radius 1 is 1.07 bits per heavy atom. The molecule has 1 amide bonds. The smallest absolute Gasteiger partial charge is 0.238 e. The summed E-state index contributed by atoms with van der Waals surface area (Å²) >= 11 is 1.58. The third-order valence-electron chi connectivity index (χ3n) is 4.51. The highest BCUT2D eigenvalue weighted by Gasteiger charge is 2.22. The molecule has 1 unspecified atom stereocenters. The molecule has 2 aromatic carbocycles. The number of hydrogen-bond acceptors (Lipinski definition) is 5. The van der Waals surface area contributed by atoms with Crippen LogP contribution in [0.2, 0.25) is 0 Å². The van der Waals surface area contributed by atoms with Gasteiger partial charge in [-0.25, -0.2) is 13.1 Å². The number of carbonyl (C=O) groups excluding carboxylic acids is 1. The lowest BCUT2D eigenvalue weighted by Crippen LogP contribution is -2.47. The van der Waals surface area contributed by atoms with Crippen molar-refractivity contribution in [3.63, 3.8) is 0 Å². The molecule has 0 bridgehead atoms. The largest absolute Gasteiger partial charge is 0.489 e. The van der Waals surface area contributed by atoms with Gasteiger partial charge in [0.15, 0.2) is 0 Å². The van der Waals surface area contributed by atoms with Gasteiger partial charge in [0, 0.05) is 6.54 Å². The number of ether oxygens (including phenoxy) is 1. The van der Waals surface area contributed by atoms with Crippen molar-refractivity contribution in [2.45, 2.75) is 32.4 Å². The Balaban J connectivity index is 1.80. The van der Waals surface area contributed by atoms with Gasteiger partial charge in [-0.05, 0) is 55.0 Å². The van der Waals surface area contributed by atoms with Gasteiger partial charge in [0.2, 0.25) is 15.9 Å². The van der Waals surface area contributed by atoms with E-state index in [1.165, 1.54) is 0 Å². The van der Waals surface area contributed by atoms with E-state index >= 15 is 0 Å². The Bertz CT molecular complexity index is 872. The zero-order valence-corrected chi connectivity index (χ0v) is 19.1.